The van der Waals surface area contributed by atoms with Crippen molar-refractivity contribution in [2.45, 2.75) is 38.3 Å². The Hall–Kier alpha value is -2.89. The van der Waals surface area contributed by atoms with E-state index in [1.54, 1.807) is 6.20 Å². The Kier molecular flexibility index (Phi) is 6.08. The summed E-state index contributed by atoms with van der Waals surface area (Å²) in [6, 6.07) is 15.5. The van der Waals surface area contributed by atoms with Gasteiger partial charge in [-0.25, -0.2) is 4.98 Å². The van der Waals surface area contributed by atoms with Crippen molar-refractivity contribution in [2.75, 3.05) is 31.1 Å². The van der Waals surface area contributed by atoms with Crippen LogP contribution in [0.25, 0.3) is 0 Å². The number of nitrogens with zero attached hydrogens (tertiary/aromatic N) is 4. The van der Waals surface area contributed by atoms with Gasteiger partial charge in [0.2, 0.25) is 11.8 Å². The zero-order chi connectivity index (χ0) is 20.1. The Morgan fingerprint density at radius 3 is 2.45 bits per heavy atom. The molecule has 2 aliphatic rings. The molecule has 0 aliphatic carbocycles. The van der Waals surface area contributed by atoms with Crippen molar-refractivity contribution in [3.63, 3.8) is 0 Å². The lowest BCUT2D eigenvalue weighted by Crippen LogP contribution is -2.55. The fourth-order valence-electron chi connectivity index (χ4n) is 4.23. The first-order chi connectivity index (χ1) is 14.2. The lowest BCUT2D eigenvalue weighted by atomic mass is 10.1. The molecule has 0 unspecified atom stereocenters. The second-order valence-electron chi connectivity index (χ2n) is 7.77. The number of pyridine rings is 1. The maximum atomic E-state index is 13.4. The minimum atomic E-state index is -0.355. The van der Waals surface area contributed by atoms with Crippen LogP contribution in [0.15, 0.2) is 54.7 Å². The molecule has 6 heteroatoms. The van der Waals surface area contributed by atoms with Crippen molar-refractivity contribution < 1.29 is 9.59 Å². The number of likely N-dealkylation sites (tertiary alicyclic amines) is 1. The topological polar surface area (TPSA) is 56.8 Å². The molecule has 2 fully saturated rings. The molecule has 3 heterocycles. The van der Waals surface area contributed by atoms with Crippen LogP contribution >= 0.6 is 0 Å². The third kappa shape index (κ3) is 4.58. The maximum Gasteiger partial charge on any atom is 0.245 e. The normalized spacial score (nSPS) is 20.5. The molecule has 0 N–H and O–H groups in total. The summed E-state index contributed by atoms with van der Waals surface area (Å²) >= 11 is 0. The summed E-state index contributed by atoms with van der Waals surface area (Å²) in [6.45, 7) is 3.37. The van der Waals surface area contributed by atoms with Crippen LogP contribution in [0.2, 0.25) is 0 Å². The van der Waals surface area contributed by atoms with Crippen LogP contribution in [0.3, 0.4) is 0 Å². The lowest BCUT2D eigenvalue weighted by molar-refractivity contribution is -0.146. The third-order valence-corrected chi connectivity index (χ3v) is 5.86. The Morgan fingerprint density at radius 2 is 1.72 bits per heavy atom. The Bertz CT molecular complexity index is 819. The second kappa shape index (κ2) is 9.07. The van der Waals surface area contributed by atoms with Crippen LogP contribution in [0.4, 0.5) is 5.82 Å². The van der Waals surface area contributed by atoms with Crippen LogP contribution in [-0.4, -0.2) is 58.8 Å². The average molecular weight is 393 g/mol. The molecule has 2 saturated heterocycles. The van der Waals surface area contributed by atoms with Crippen LogP contribution in [0.5, 0.6) is 0 Å². The highest BCUT2D eigenvalue weighted by Gasteiger charge is 2.35. The summed E-state index contributed by atoms with van der Waals surface area (Å²) in [4.78, 5) is 36.6. The van der Waals surface area contributed by atoms with Crippen molar-refractivity contribution in [1.29, 1.82) is 0 Å². The van der Waals surface area contributed by atoms with E-state index in [0.717, 1.165) is 43.7 Å². The molecule has 0 bridgehead atoms. The van der Waals surface area contributed by atoms with Crippen molar-refractivity contribution in [3.05, 3.63) is 60.3 Å². The standard InChI is InChI=1S/C23H28N4O2/c28-22-12-5-4-10-20(27(22)18-19-8-2-1-3-9-19)23(29)26-16-14-25(15-17-26)21-11-6-7-13-24-21/h1-3,6-9,11,13,20H,4-5,10,12,14-18H2/t20-/m0/s1. The Labute approximate surface area is 172 Å². The highest BCUT2D eigenvalue weighted by atomic mass is 16.2. The number of amides is 2. The van der Waals surface area contributed by atoms with Gasteiger partial charge in [0.1, 0.15) is 11.9 Å². The van der Waals surface area contributed by atoms with Crippen LogP contribution in [-0.2, 0) is 16.1 Å². The fraction of sp³-hybridized carbons (Fsp3) is 0.435. The average Bonchev–Trinajstić information content (AvgIpc) is 2.96. The molecular formula is C23H28N4O2. The number of rotatable bonds is 4. The number of carbonyl (C=O) groups is 2. The van der Waals surface area contributed by atoms with Gasteiger partial charge >= 0.3 is 0 Å². The van der Waals surface area contributed by atoms with Gasteiger partial charge in [-0.3, -0.25) is 9.59 Å². The van der Waals surface area contributed by atoms with Gasteiger partial charge in [0.15, 0.2) is 0 Å². The summed E-state index contributed by atoms with van der Waals surface area (Å²) in [5.74, 6) is 1.14. The van der Waals surface area contributed by atoms with Crippen LogP contribution < -0.4 is 4.90 Å². The van der Waals surface area contributed by atoms with E-state index in [0.29, 0.717) is 26.1 Å². The van der Waals surface area contributed by atoms with Crippen molar-refractivity contribution in [2.24, 2.45) is 0 Å². The van der Waals surface area contributed by atoms with Gasteiger partial charge in [-0.15, -0.1) is 0 Å². The molecule has 4 rings (SSSR count). The van der Waals surface area contributed by atoms with E-state index in [2.05, 4.69) is 9.88 Å². The SMILES string of the molecule is O=C([C@@H]1CCCCC(=O)N1Cc1ccccc1)N1CCN(c2ccccn2)CC1. The van der Waals surface area contributed by atoms with E-state index in [-0.39, 0.29) is 17.9 Å². The van der Waals surface area contributed by atoms with E-state index in [4.69, 9.17) is 0 Å². The Morgan fingerprint density at radius 1 is 0.966 bits per heavy atom. The maximum absolute atomic E-state index is 13.4. The van der Waals surface area contributed by atoms with Crippen LogP contribution in [0.1, 0.15) is 31.2 Å². The lowest BCUT2D eigenvalue weighted by Gasteiger charge is -2.39. The molecule has 2 aliphatic heterocycles. The molecule has 2 aromatic rings. The quantitative estimate of drug-likeness (QED) is 0.803. The molecule has 1 atom stereocenters. The van der Waals surface area contributed by atoms with E-state index >= 15 is 0 Å². The van der Waals surface area contributed by atoms with E-state index in [9.17, 15) is 9.59 Å². The van der Waals surface area contributed by atoms with Gasteiger partial charge in [0, 0.05) is 45.3 Å². The molecule has 152 valence electrons. The molecule has 0 radical (unpaired) electrons. The molecule has 1 aromatic heterocycles. The highest BCUT2D eigenvalue weighted by Crippen LogP contribution is 2.23. The largest absolute Gasteiger partial charge is 0.353 e. The fourth-order valence-corrected chi connectivity index (χ4v) is 4.23. The second-order valence-corrected chi connectivity index (χ2v) is 7.77. The zero-order valence-electron chi connectivity index (χ0n) is 16.7. The monoisotopic (exact) mass is 392 g/mol. The number of aromatic nitrogens is 1. The minimum Gasteiger partial charge on any atom is -0.353 e. The first-order valence-corrected chi connectivity index (χ1v) is 10.5. The van der Waals surface area contributed by atoms with Gasteiger partial charge in [-0.05, 0) is 30.5 Å². The molecule has 6 nitrogen and oxygen atoms in total. The van der Waals surface area contributed by atoms with Crippen molar-refractivity contribution in [1.82, 2.24) is 14.8 Å². The molecule has 0 saturated carbocycles. The van der Waals surface area contributed by atoms with E-state index in [1.807, 2.05) is 58.3 Å². The summed E-state index contributed by atoms with van der Waals surface area (Å²) in [5.41, 5.74) is 1.07. The van der Waals surface area contributed by atoms with Gasteiger partial charge in [-0.2, -0.15) is 0 Å². The smallest absolute Gasteiger partial charge is 0.245 e. The van der Waals surface area contributed by atoms with E-state index in [1.165, 1.54) is 0 Å². The van der Waals surface area contributed by atoms with Gasteiger partial charge in [0.25, 0.3) is 0 Å². The predicted molar refractivity (Wildman–Crippen MR) is 112 cm³/mol. The first-order valence-electron chi connectivity index (χ1n) is 10.5. The summed E-state index contributed by atoms with van der Waals surface area (Å²) in [5, 5.41) is 0. The number of hydrogen-bond acceptors (Lipinski definition) is 4. The minimum absolute atomic E-state index is 0.0943. The van der Waals surface area contributed by atoms with Crippen molar-refractivity contribution in [3.8, 4) is 0 Å². The number of anilines is 1. The number of benzene rings is 1. The van der Waals surface area contributed by atoms with Crippen molar-refractivity contribution >= 4 is 17.6 Å². The first kappa shape index (κ1) is 19.4. The zero-order valence-corrected chi connectivity index (χ0v) is 16.7. The molecular weight excluding hydrogens is 364 g/mol. The Balaban J connectivity index is 1.44. The summed E-state index contributed by atoms with van der Waals surface area (Å²) in [7, 11) is 0. The molecule has 1 aromatic carbocycles. The molecule has 2 amide bonds. The molecule has 29 heavy (non-hydrogen) atoms. The molecule has 0 spiro atoms. The van der Waals surface area contributed by atoms with Gasteiger partial charge in [0.05, 0.1) is 0 Å². The number of hydrogen-bond donors (Lipinski definition) is 0. The number of piperazine rings is 1. The highest BCUT2D eigenvalue weighted by molar-refractivity contribution is 5.88. The van der Waals surface area contributed by atoms with Crippen LogP contribution in [0, 0.1) is 0 Å². The van der Waals surface area contributed by atoms with Gasteiger partial charge < -0.3 is 14.7 Å². The summed E-state index contributed by atoms with van der Waals surface area (Å²) < 4.78 is 0. The van der Waals surface area contributed by atoms with E-state index < -0.39 is 0 Å². The summed E-state index contributed by atoms with van der Waals surface area (Å²) in [6.07, 6.45) is 4.86. The number of carbonyl (C=O) groups excluding carboxylic acids is 2. The van der Waals surface area contributed by atoms with Gasteiger partial charge in [-0.1, -0.05) is 42.8 Å². The third-order valence-electron chi connectivity index (χ3n) is 5.86. The predicted octanol–water partition coefficient (Wildman–Crippen LogP) is 2.70.